The largest absolute Gasteiger partial charge is 0.460 e. The maximum atomic E-state index is 14.9. The molecular formula is C29H16F26. The summed E-state index contributed by atoms with van der Waals surface area (Å²) in [6, 6.07) is 6.81. The Morgan fingerprint density at radius 2 is 0.545 bits per heavy atom. The maximum Gasteiger partial charge on any atom is 0.460 e. The first-order valence-electron chi connectivity index (χ1n) is 14.2. The Hall–Kier alpha value is -3.38. The SMILES string of the molecule is FC(F)(F)C(F)(F)C(F)(F)C(F)(F)C(F)(F)C(F)(F)CCC1(CCC(F)(F)C(F)(F)C(F)(F)C(F)(F)C(F)(F)C(F)(F)F)c2ccccc2-c2ccccc21. The zero-order chi connectivity index (χ0) is 43.3. The van der Waals surface area contributed by atoms with E-state index in [9.17, 15) is 114 Å². The van der Waals surface area contributed by atoms with Crippen LogP contribution in [-0.2, 0) is 5.41 Å². The Morgan fingerprint density at radius 3 is 0.800 bits per heavy atom. The van der Waals surface area contributed by atoms with Gasteiger partial charge in [-0.05, 0) is 35.1 Å². The molecule has 0 fully saturated rings. The van der Waals surface area contributed by atoms with Gasteiger partial charge < -0.3 is 0 Å². The van der Waals surface area contributed by atoms with E-state index in [0.29, 0.717) is 12.1 Å². The molecule has 0 aliphatic heterocycles. The molecule has 0 N–H and O–H groups in total. The standard InChI is InChI=1S/C29H16F26/c30-18(31,20(34,35)22(38,39)24(42,43)26(46,47)28(50,51)52)11-9-17(15-7-3-1-5-13(15)14-6-2-4-8-16(14)17)10-12-19(32,33)21(36,37)23(40,41)25(44,45)27(48,49)29(53,54)55/h1-8H,9-12H2. The van der Waals surface area contributed by atoms with E-state index in [1.54, 1.807) is 0 Å². The van der Waals surface area contributed by atoms with Crippen molar-refractivity contribution in [2.45, 2.75) is 103 Å². The fourth-order valence-electron chi connectivity index (χ4n) is 5.74. The first-order chi connectivity index (χ1) is 24.1. The zero-order valence-corrected chi connectivity index (χ0v) is 25.8. The topological polar surface area (TPSA) is 0 Å². The van der Waals surface area contributed by atoms with Crippen LogP contribution in [-0.4, -0.2) is 71.6 Å². The molecule has 314 valence electrons. The zero-order valence-electron chi connectivity index (χ0n) is 25.8. The van der Waals surface area contributed by atoms with Crippen molar-refractivity contribution >= 4 is 0 Å². The van der Waals surface area contributed by atoms with Gasteiger partial charge in [0, 0.05) is 18.3 Å². The Morgan fingerprint density at radius 1 is 0.309 bits per heavy atom. The lowest BCUT2D eigenvalue weighted by Gasteiger charge is -2.42. The molecule has 0 saturated carbocycles. The molecule has 1 aliphatic carbocycles. The molecule has 26 heteroatoms. The lowest BCUT2D eigenvalue weighted by Crippen LogP contribution is -2.70. The number of halogens is 26. The van der Waals surface area contributed by atoms with E-state index in [1.807, 2.05) is 0 Å². The second kappa shape index (κ2) is 12.8. The van der Waals surface area contributed by atoms with Crippen LogP contribution in [0.1, 0.15) is 36.8 Å². The van der Waals surface area contributed by atoms with Crippen molar-refractivity contribution in [3.05, 3.63) is 59.7 Å². The third-order valence-electron chi connectivity index (χ3n) is 8.90. The quantitative estimate of drug-likeness (QED) is 0.166. The van der Waals surface area contributed by atoms with E-state index in [1.165, 1.54) is 0 Å². The Bertz CT molecular complexity index is 1590. The van der Waals surface area contributed by atoms with Gasteiger partial charge in [-0.1, -0.05) is 48.5 Å². The normalized spacial score (nSPS) is 17.0. The summed E-state index contributed by atoms with van der Waals surface area (Å²) in [5.74, 6) is -79.5. The minimum absolute atomic E-state index is 0.397. The van der Waals surface area contributed by atoms with Crippen LogP contribution in [0.15, 0.2) is 48.5 Å². The monoisotopic (exact) mass is 858 g/mol. The molecule has 2 aromatic carbocycles. The summed E-state index contributed by atoms with van der Waals surface area (Å²) in [4.78, 5) is 0. The van der Waals surface area contributed by atoms with Crippen molar-refractivity contribution in [3.63, 3.8) is 0 Å². The first-order valence-corrected chi connectivity index (χ1v) is 14.2. The van der Waals surface area contributed by atoms with Gasteiger partial charge in [0.25, 0.3) is 0 Å². The van der Waals surface area contributed by atoms with Crippen molar-refractivity contribution in [1.82, 2.24) is 0 Å². The molecule has 1 aliphatic rings. The highest BCUT2D eigenvalue weighted by Crippen LogP contribution is 2.64. The summed E-state index contributed by atoms with van der Waals surface area (Å²) < 4.78 is 358. The molecule has 0 nitrogen and oxygen atoms in total. The highest BCUT2D eigenvalue weighted by molar-refractivity contribution is 5.81. The van der Waals surface area contributed by atoms with E-state index >= 15 is 0 Å². The summed E-state index contributed by atoms with van der Waals surface area (Å²) in [7, 11) is 0. The minimum atomic E-state index is -8.38. The van der Waals surface area contributed by atoms with Crippen molar-refractivity contribution < 1.29 is 114 Å². The van der Waals surface area contributed by atoms with E-state index in [-0.39, 0.29) is 0 Å². The second-order valence-corrected chi connectivity index (χ2v) is 12.2. The second-order valence-electron chi connectivity index (χ2n) is 12.2. The average molecular weight is 858 g/mol. The van der Waals surface area contributed by atoms with Crippen LogP contribution in [0.3, 0.4) is 0 Å². The lowest BCUT2D eigenvalue weighted by molar-refractivity contribution is -0.440. The van der Waals surface area contributed by atoms with Crippen LogP contribution in [0.4, 0.5) is 114 Å². The summed E-state index contributed by atoms with van der Waals surface area (Å²) >= 11 is 0. The lowest BCUT2D eigenvalue weighted by atomic mass is 9.69. The van der Waals surface area contributed by atoms with Crippen LogP contribution >= 0.6 is 0 Å². The van der Waals surface area contributed by atoms with Gasteiger partial charge in [-0.15, -0.1) is 0 Å². The number of rotatable bonds is 14. The van der Waals surface area contributed by atoms with Gasteiger partial charge in [0.05, 0.1) is 0 Å². The van der Waals surface area contributed by atoms with Gasteiger partial charge in [-0.2, -0.15) is 114 Å². The van der Waals surface area contributed by atoms with Gasteiger partial charge in [-0.3, -0.25) is 0 Å². The molecule has 0 bridgehead atoms. The number of hydrogen-bond acceptors (Lipinski definition) is 0. The number of hydrogen-bond donors (Lipinski definition) is 0. The Labute approximate surface area is 288 Å². The van der Waals surface area contributed by atoms with E-state index in [0.717, 1.165) is 36.4 Å². The molecule has 0 saturated heterocycles. The van der Waals surface area contributed by atoms with Gasteiger partial charge in [0.1, 0.15) is 0 Å². The molecule has 0 heterocycles. The van der Waals surface area contributed by atoms with E-state index in [2.05, 4.69) is 0 Å². The van der Waals surface area contributed by atoms with Crippen molar-refractivity contribution in [2.24, 2.45) is 0 Å². The van der Waals surface area contributed by atoms with Crippen LogP contribution in [0.2, 0.25) is 0 Å². The Kier molecular flexibility index (Phi) is 10.7. The number of benzene rings is 2. The van der Waals surface area contributed by atoms with Gasteiger partial charge in [0.2, 0.25) is 0 Å². The summed E-state index contributed by atoms with van der Waals surface area (Å²) in [6.45, 7) is 0. The average Bonchev–Trinajstić information content (AvgIpc) is 3.31. The van der Waals surface area contributed by atoms with Crippen LogP contribution in [0.5, 0.6) is 0 Å². The van der Waals surface area contributed by atoms with E-state index in [4.69, 9.17) is 0 Å². The molecule has 0 radical (unpaired) electrons. The van der Waals surface area contributed by atoms with Gasteiger partial charge in [0.15, 0.2) is 0 Å². The highest BCUT2D eigenvalue weighted by Gasteiger charge is 2.92. The maximum absolute atomic E-state index is 14.9. The molecule has 0 atom stereocenters. The third kappa shape index (κ3) is 6.23. The molecule has 0 aromatic heterocycles. The summed E-state index contributed by atoms with van der Waals surface area (Å²) in [5, 5.41) is 0. The molecular weight excluding hydrogens is 842 g/mol. The minimum Gasteiger partial charge on any atom is -0.200 e. The van der Waals surface area contributed by atoms with Crippen molar-refractivity contribution in [2.75, 3.05) is 0 Å². The summed E-state index contributed by atoms with van der Waals surface area (Å²) in [5.41, 5.74) is -5.60. The predicted octanol–water partition coefficient (Wildman–Crippen LogP) is 13.0. The fraction of sp³-hybridized carbons (Fsp3) is 0.586. The molecule has 55 heavy (non-hydrogen) atoms. The smallest absolute Gasteiger partial charge is 0.200 e. The summed E-state index contributed by atoms with van der Waals surface area (Å²) in [6.07, 6.45) is -26.4. The van der Waals surface area contributed by atoms with Crippen LogP contribution in [0.25, 0.3) is 11.1 Å². The van der Waals surface area contributed by atoms with Crippen LogP contribution < -0.4 is 0 Å². The van der Waals surface area contributed by atoms with Gasteiger partial charge >= 0.3 is 71.6 Å². The van der Waals surface area contributed by atoms with Crippen molar-refractivity contribution in [1.29, 1.82) is 0 Å². The van der Waals surface area contributed by atoms with E-state index < -0.39 is 125 Å². The predicted molar refractivity (Wildman–Crippen MR) is 133 cm³/mol. The first kappa shape index (κ1) is 46.0. The van der Waals surface area contributed by atoms with Crippen molar-refractivity contribution in [3.8, 4) is 11.1 Å². The Balaban J connectivity index is 2.18. The van der Waals surface area contributed by atoms with Crippen LogP contribution in [0, 0.1) is 0 Å². The number of fused-ring (bicyclic) bond motifs is 3. The fourth-order valence-corrected chi connectivity index (χ4v) is 5.74. The third-order valence-corrected chi connectivity index (χ3v) is 8.90. The highest BCUT2D eigenvalue weighted by atomic mass is 19.4. The molecule has 0 unspecified atom stereocenters. The molecule has 0 amide bonds. The molecule has 0 spiro atoms. The number of alkyl halides is 26. The molecule has 3 rings (SSSR count). The van der Waals surface area contributed by atoms with Gasteiger partial charge in [-0.25, -0.2) is 0 Å². The molecule has 2 aromatic rings.